The molecule has 5 heteroatoms. The van der Waals surface area contributed by atoms with Gasteiger partial charge in [0, 0.05) is 43.7 Å². The monoisotopic (exact) mass is 633 g/mol. The quantitative estimate of drug-likeness (QED) is 0.190. The Morgan fingerprint density at radius 2 is 1.29 bits per heavy atom. The van der Waals surface area contributed by atoms with Gasteiger partial charge in [-0.3, -0.25) is 9.56 Å². The minimum atomic E-state index is -0.0432. The molecule has 6 aromatic carbocycles. The van der Waals surface area contributed by atoms with Crippen molar-refractivity contribution < 1.29 is 4.42 Å². The van der Waals surface area contributed by atoms with Gasteiger partial charge in [0.1, 0.15) is 11.3 Å². The Morgan fingerprint density at radius 3 is 2.12 bits per heavy atom. The molecule has 2 unspecified atom stereocenters. The number of hydrogen-bond donors (Lipinski definition) is 0. The molecule has 3 aromatic heterocycles. The van der Waals surface area contributed by atoms with E-state index in [1.54, 1.807) is 0 Å². The van der Waals surface area contributed by atoms with E-state index in [9.17, 15) is 0 Å². The fourth-order valence-electron chi connectivity index (χ4n) is 8.07. The lowest BCUT2D eigenvalue weighted by Gasteiger charge is -2.17. The number of rotatable bonds is 2. The second kappa shape index (κ2) is 9.86. The SMILES string of the molecule is C1=CC2SC(n3c4ccccc4c4ccc5c(c6ccccc6n5-c5ccccc5)c43)=NC2c2c1oc1c(-c3ccccc3)cccc21. The molecule has 226 valence electrons. The molecule has 0 radical (unpaired) electrons. The van der Waals surface area contributed by atoms with Gasteiger partial charge in [0.25, 0.3) is 0 Å². The van der Waals surface area contributed by atoms with Crippen molar-refractivity contribution in [1.29, 1.82) is 0 Å². The summed E-state index contributed by atoms with van der Waals surface area (Å²) in [6, 6.07) is 49.8. The van der Waals surface area contributed by atoms with E-state index >= 15 is 0 Å². The van der Waals surface area contributed by atoms with Gasteiger partial charge in [-0.05, 0) is 42.0 Å². The van der Waals surface area contributed by atoms with E-state index in [-0.39, 0.29) is 11.3 Å². The molecule has 9 aromatic rings. The lowest BCUT2D eigenvalue weighted by atomic mass is 9.94. The van der Waals surface area contributed by atoms with Crippen molar-refractivity contribution in [3.8, 4) is 16.8 Å². The average Bonchev–Trinajstić information content (AvgIpc) is 3.90. The minimum absolute atomic E-state index is 0.0432. The first-order chi connectivity index (χ1) is 23.8. The second-order valence-corrected chi connectivity index (χ2v) is 13.8. The van der Waals surface area contributed by atoms with Crippen LogP contribution >= 0.6 is 11.8 Å². The molecule has 48 heavy (non-hydrogen) atoms. The Labute approximate surface area is 280 Å². The summed E-state index contributed by atoms with van der Waals surface area (Å²) in [7, 11) is 0. The van der Waals surface area contributed by atoms with Crippen LogP contribution in [0.1, 0.15) is 17.4 Å². The maximum atomic E-state index is 6.63. The molecule has 0 saturated heterocycles. The number of benzene rings is 6. The van der Waals surface area contributed by atoms with E-state index in [4.69, 9.17) is 9.41 Å². The van der Waals surface area contributed by atoms with E-state index in [0.29, 0.717) is 0 Å². The van der Waals surface area contributed by atoms with Crippen molar-refractivity contribution in [1.82, 2.24) is 9.13 Å². The third kappa shape index (κ3) is 3.54. The van der Waals surface area contributed by atoms with Crippen LogP contribution in [0.5, 0.6) is 0 Å². The summed E-state index contributed by atoms with van der Waals surface area (Å²) in [5.41, 5.74) is 10.3. The number of fused-ring (bicyclic) bond motifs is 12. The van der Waals surface area contributed by atoms with Gasteiger partial charge in [0.05, 0.1) is 33.4 Å². The molecular weight excluding hydrogens is 607 g/mol. The van der Waals surface area contributed by atoms with Gasteiger partial charge in [-0.1, -0.05) is 127 Å². The molecule has 0 fully saturated rings. The smallest absolute Gasteiger partial charge is 0.169 e. The summed E-state index contributed by atoms with van der Waals surface area (Å²) >= 11 is 1.85. The van der Waals surface area contributed by atoms with Crippen LogP contribution in [0.2, 0.25) is 0 Å². The van der Waals surface area contributed by atoms with Gasteiger partial charge in [-0.2, -0.15) is 0 Å². The van der Waals surface area contributed by atoms with Gasteiger partial charge >= 0.3 is 0 Å². The van der Waals surface area contributed by atoms with Gasteiger partial charge in [0.2, 0.25) is 0 Å². The Kier molecular flexibility index (Phi) is 5.41. The molecule has 0 N–H and O–H groups in total. The highest BCUT2D eigenvalue weighted by molar-refractivity contribution is 8.14. The van der Waals surface area contributed by atoms with Crippen LogP contribution in [0.3, 0.4) is 0 Å². The van der Waals surface area contributed by atoms with Gasteiger partial charge < -0.3 is 8.98 Å². The van der Waals surface area contributed by atoms with Crippen molar-refractivity contribution in [2.75, 3.05) is 0 Å². The van der Waals surface area contributed by atoms with Crippen molar-refractivity contribution >= 4 is 77.6 Å². The Balaban J connectivity index is 1.18. The number of thioether (sulfide) groups is 1. The molecule has 1 aliphatic carbocycles. The molecule has 4 heterocycles. The summed E-state index contributed by atoms with van der Waals surface area (Å²) in [4.78, 5) is 5.60. The maximum Gasteiger partial charge on any atom is 0.169 e. The van der Waals surface area contributed by atoms with Crippen LogP contribution in [0.4, 0.5) is 0 Å². The van der Waals surface area contributed by atoms with Crippen molar-refractivity contribution in [2.24, 2.45) is 4.99 Å². The minimum Gasteiger partial charge on any atom is -0.456 e. The van der Waals surface area contributed by atoms with E-state index in [0.717, 1.165) is 38.7 Å². The summed E-state index contributed by atoms with van der Waals surface area (Å²) in [5, 5.41) is 7.31. The molecule has 4 nitrogen and oxygen atoms in total. The third-order valence-corrected chi connectivity index (χ3v) is 11.3. The highest BCUT2D eigenvalue weighted by atomic mass is 32.2. The number of aromatic nitrogens is 2. The molecule has 0 spiro atoms. The molecule has 0 bridgehead atoms. The number of nitrogens with zero attached hydrogens (tertiary/aromatic N) is 3. The van der Waals surface area contributed by atoms with Crippen LogP contribution in [-0.4, -0.2) is 19.6 Å². The van der Waals surface area contributed by atoms with Gasteiger partial charge in [0.15, 0.2) is 5.17 Å². The zero-order valence-corrected chi connectivity index (χ0v) is 26.6. The standard InChI is InChI=1S/C43H27N3OS/c1-3-12-26(13-4-1)28-18-11-19-32-39-36(47-42(28)32)24-25-37-40(39)44-43(48-37)46-33-20-9-7-16-29(33)30-22-23-35-38(41(30)46)31-17-8-10-21-34(31)45(35)27-14-5-2-6-15-27/h1-25,37,40H. The molecule has 0 saturated carbocycles. The van der Waals surface area contributed by atoms with Crippen LogP contribution in [0.15, 0.2) is 155 Å². The molecular formula is C43H27N3OS. The van der Waals surface area contributed by atoms with Crippen LogP contribution in [-0.2, 0) is 0 Å². The summed E-state index contributed by atoms with van der Waals surface area (Å²) in [5.74, 6) is 0.913. The fourth-order valence-corrected chi connectivity index (χ4v) is 9.26. The van der Waals surface area contributed by atoms with E-state index in [2.05, 4.69) is 161 Å². The summed E-state index contributed by atoms with van der Waals surface area (Å²) < 4.78 is 11.5. The van der Waals surface area contributed by atoms with Gasteiger partial charge in [-0.15, -0.1) is 0 Å². The normalized spacial score (nSPS) is 17.1. The first kappa shape index (κ1) is 26.3. The predicted molar refractivity (Wildman–Crippen MR) is 201 cm³/mol. The van der Waals surface area contributed by atoms with E-state index in [1.807, 2.05) is 11.8 Å². The predicted octanol–water partition coefficient (Wildman–Crippen LogP) is 11.4. The Bertz CT molecular complexity index is 2820. The number of hydrogen-bond acceptors (Lipinski definition) is 3. The zero-order valence-electron chi connectivity index (χ0n) is 25.7. The third-order valence-electron chi connectivity index (χ3n) is 10.1. The van der Waals surface area contributed by atoms with Crippen molar-refractivity contribution in [3.05, 3.63) is 157 Å². The highest BCUT2D eigenvalue weighted by Crippen LogP contribution is 2.50. The fraction of sp³-hybridized carbons (Fsp3) is 0.0465. The lowest BCUT2D eigenvalue weighted by Crippen LogP contribution is -2.11. The zero-order chi connectivity index (χ0) is 31.3. The first-order valence-electron chi connectivity index (χ1n) is 16.4. The Hall–Kier alpha value is -5.78. The van der Waals surface area contributed by atoms with Crippen LogP contribution in [0.25, 0.3) is 77.5 Å². The molecule has 1 aliphatic heterocycles. The van der Waals surface area contributed by atoms with Crippen LogP contribution in [0, 0.1) is 0 Å². The van der Waals surface area contributed by atoms with Crippen LogP contribution < -0.4 is 0 Å². The van der Waals surface area contributed by atoms with Gasteiger partial charge in [-0.25, -0.2) is 0 Å². The topological polar surface area (TPSA) is 35.4 Å². The number of aliphatic imine (C=N–C) groups is 1. The molecule has 2 atom stereocenters. The average molecular weight is 634 g/mol. The first-order valence-corrected chi connectivity index (χ1v) is 17.3. The largest absolute Gasteiger partial charge is 0.456 e. The van der Waals surface area contributed by atoms with Crippen molar-refractivity contribution in [3.63, 3.8) is 0 Å². The summed E-state index contributed by atoms with van der Waals surface area (Å²) in [6.07, 6.45) is 4.44. The van der Waals surface area contributed by atoms with Crippen molar-refractivity contribution in [2.45, 2.75) is 11.3 Å². The Morgan fingerprint density at radius 1 is 0.583 bits per heavy atom. The summed E-state index contributed by atoms with van der Waals surface area (Å²) in [6.45, 7) is 0. The lowest BCUT2D eigenvalue weighted by molar-refractivity contribution is 0.587. The van der Waals surface area contributed by atoms with E-state index < -0.39 is 0 Å². The number of para-hydroxylation sites is 4. The van der Waals surface area contributed by atoms with E-state index in [1.165, 1.54) is 49.2 Å². The molecule has 2 aliphatic rings. The second-order valence-electron chi connectivity index (χ2n) is 12.6. The molecule has 11 rings (SSSR count). The molecule has 0 amide bonds. The highest BCUT2D eigenvalue weighted by Gasteiger charge is 2.38. The number of furan rings is 1. The maximum absolute atomic E-state index is 6.63.